The second-order valence-electron chi connectivity index (χ2n) is 4.63. The first-order chi connectivity index (χ1) is 10.9. The summed E-state index contributed by atoms with van der Waals surface area (Å²) >= 11 is 5.60. The van der Waals surface area contributed by atoms with Crippen LogP contribution in [-0.4, -0.2) is 28.3 Å². The number of rotatable bonds is 5. The zero-order valence-corrected chi connectivity index (χ0v) is 12.7. The second kappa shape index (κ2) is 6.97. The fraction of sp³-hybridized carbons (Fsp3) is 0.133. The predicted molar refractivity (Wildman–Crippen MR) is 81.7 cm³/mol. The van der Waals surface area contributed by atoms with Crippen LogP contribution in [0.4, 0.5) is 5.69 Å². The van der Waals surface area contributed by atoms with Crippen molar-refractivity contribution in [3.8, 4) is 0 Å². The molecule has 8 heteroatoms. The number of nitrogens with zero attached hydrogens (tertiary/aromatic N) is 2. The normalized spacial score (nSPS) is 10.2. The van der Waals surface area contributed by atoms with Gasteiger partial charge in [0, 0.05) is 23.4 Å². The number of carbonyl (C=O) groups excluding carboxylic acids is 2. The van der Waals surface area contributed by atoms with Gasteiger partial charge < -0.3 is 4.74 Å². The van der Waals surface area contributed by atoms with E-state index in [4.69, 9.17) is 16.3 Å². The summed E-state index contributed by atoms with van der Waals surface area (Å²) in [6.45, 7) is 1.04. The minimum atomic E-state index is -0.732. The molecule has 0 aliphatic rings. The van der Waals surface area contributed by atoms with Gasteiger partial charge >= 0.3 is 5.97 Å². The van der Waals surface area contributed by atoms with Gasteiger partial charge in [-0.15, -0.1) is 0 Å². The minimum absolute atomic E-state index is 0.101. The zero-order valence-electron chi connectivity index (χ0n) is 12.0. The predicted octanol–water partition coefficient (Wildman–Crippen LogP) is 2.99. The third-order valence-electron chi connectivity index (χ3n) is 3.03. The third-order valence-corrected chi connectivity index (χ3v) is 3.25. The molecule has 1 aromatic heterocycles. The number of benzene rings is 1. The smallest absolute Gasteiger partial charge is 0.340 e. The van der Waals surface area contributed by atoms with Crippen molar-refractivity contribution in [2.24, 2.45) is 0 Å². The number of hydrogen-bond donors (Lipinski definition) is 0. The van der Waals surface area contributed by atoms with Gasteiger partial charge in [0.15, 0.2) is 6.61 Å². The number of nitro benzene ring substituents is 1. The number of hydrogen-bond acceptors (Lipinski definition) is 6. The summed E-state index contributed by atoms with van der Waals surface area (Å²) in [7, 11) is 0. The number of carbonyl (C=O) groups is 2. The fourth-order valence-corrected chi connectivity index (χ4v) is 1.89. The summed E-state index contributed by atoms with van der Waals surface area (Å²) in [5.41, 5.74) is 0.529. The van der Waals surface area contributed by atoms with Crippen LogP contribution in [0.15, 0.2) is 36.5 Å². The number of halogens is 1. The highest BCUT2D eigenvalue weighted by atomic mass is 35.5. The van der Waals surface area contributed by atoms with Crippen LogP contribution in [0.2, 0.25) is 5.15 Å². The van der Waals surface area contributed by atoms with Crippen LogP contribution in [0.5, 0.6) is 0 Å². The summed E-state index contributed by atoms with van der Waals surface area (Å²) in [5.74, 6) is -1.27. The van der Waals surface area contributed by atoms with E-state index in [1.807, 2.05) is 0 Å². The van der Waals surface area contributed by atoms with Crippen LogP contribution >= 0.6 is 11.6 Å². The van der Waals surface area contributed by atoms with Crippen LogP contribution in [0.1, 0.15) is 26.3 Å². The molecule has 7 nitrogen and oxygen atoms in total. The van der Waals surface area contributed by atoms with E-state index in [9.17, 15) is 19.7 Å². The van der Waals surface area contributed by atoms with Crippen LogP contribution in [0.25, 0.3) is 0 Å². The Kier molecular flexibility index (Phi) is 5.02. The van der Waals surface area contributed by atoms with Gasteiger partial charge in [-0.3, -0.25) is 14.9 Å². The molecule has 0 atom stereocenters. The van der Waals surface area contributed by atoms with Crippen LogP contribution in [0, 0.1) is 17.0 Å². The standard InChI is InChI=1S/C15H11ClN2O5/c1-9-2-3-10(6-12(9)18(21)22)13(19)8-23-15(20)11-4-5-14(16)17-7-11/h2-7H,8H2,1H3. The molecule has 0 saturated carbocycles. The fourth-order valence-electron chi connectivity index (χ4n) is 1.77. The van der Waals surface area contributed by atoms with Gasteiger partial charge in [-0.2, -0.15) is 0 Å². The van der Waals surface area contributed by atoms with Gasteiger partial charge in [0.25, 0.3) is 5.69 Å². The maximum absolute atomic E-state index is 12.0. The van der Waals surface area contributed by atoms with Gasteiger partial charge in [-0.25, -0.2) is 9.78 Å². The lowest BCUT2D eigenvalue weighted by Crippen LogP contribution is -2.14. The molecular formula is C15H11ClN2O5. The molecule has 0 unspecified atom stereocenters. The molecule has 118 valence electrons. The van der Waals surface area contributed by atoms with E-state index < -0.39 is 23.3 Å². The molecule has 2 rings (SSSR count). The van der Waals surface area contributed by atoms with Crippen molar-refractivity contribution in [2.45, 2.75) is 6.92 Å². The van der Waals surface area contributed by atoms with Gasteiger partial charge in [0.1, 0.15) is 5.15 Å². The van der Waals surface area contributed by atoms with Crippen molar-refractivity contribution in [1.82, 2.24) is 4.98 Å². The Morgan fingerprint density at radius 3 is 2.57 bits per heavy atom. The molecule has 0 radical (unpaired) electrons. The highest BCUT2D eigenvalue weighted by Crippen LogP contribution is 2.19. The molecule has 0 N–H and O–H groups in total. The second-order valence-corrected chi connectivity index (χ2v) is 5.01. The van der Waals surface area contributed by atoms with Crippen molar-refractivity contribution < 1.29 is 19.2 Å². The molecule has 0 aliphatic heterocycles. The summed E-state index contributed by atoms with van der Waals surface area (Å²) in [4.78, 5) is 37.8. The van der Waals surface area contributed by atoms with Gasteiger partial charge in [0.2, 0.25) is 5.78 Å². The average molecular weight is 335 g/mol. The van der Waals surface area contributed by atoms with Crippen LogP contribution in [0.3, 0.4) is 0 Å². The molecular weight excluding hydrogens is 324 g/mol. The molecule has 0 aliphatic carbocycles. The Balaban J connectivity index is 2.05. The van der Waals surface area contributed by atoms with E-state index in [2.05, 4.69) is 4.98 Å². The van der Waals surface area contributed by atoms with Gasteiger partial charge in [-0.05, 0) is 19.1 Å². The summed E-state index contributed by atoms with van der Waals surface area (Å²) < 4.78 is 4.87. The zero-order chi connectivity index (χ0) is 17.0. The first-order valence-corrected chi connectivity index (χ1v) is 6.83. The van der Waals surface area contributed by atoms with Gasteiger partial charge in [-0.1, -0.05) is 23.7 Å². The molecule has 0 saturated heterocycles. The maximum atomic E-state index is 12.0. The Morgan fingerprint density at radius 2 is 1.96 bits per heavy atom. The van der Waals surface area contributed by atoms with E-state index in [1.165, 1.54) is 30.5 Å². The number of nitro groups is 1. The lowest BCUT2D eigenvalue weighted by Gasteiger charge is -2.05. The molecule has 1 aromatic carbocycles. The third kappa shape index (κ3) is 4.10. The molecule has 0 spiro atoms. The lowest BCUT2D eigenvalue weighted by atomic mass is 10.1. The van der Waals surface area contributed by atoms with Crippen molar-refractivity contribution in [3.63, 3.8) is 0 Å². The number of ether oxygens (including phenoxy) is 1. The maximum Gasteiger partial charge on any atom is 0.340 e. The van der Waals surface area contributed by atoms with Crippen LogP contribution in [-0.2, 0) is 4.74 Å². The monoisotopic (exact) mass is 334 g/mol. The van der Waals surface area contributed by atoms with Gasteiger partial charge in [0.05, 0.1) is 10.5 Å². The highest BCUT2D eigenvalue weighted by Gasteiger charge is 2.17. The quantitative estimate of drug-likeness (QED) is 0.274. The van der Waals surface area contributed by atoms with E-state index in [1.54, 1.807) is 6.92 Å². The van der Waals surface area contributed by atoms with Crippen molar-refractivity contribution in [3.05, 3.63) is 68.5 Å². The Labute approximate surface area is 136 Å². The van der Waals surface area contributed by atoms with Crippen molar-refractivity contribution >= 4 is 29.0 Å². The number of esters is 1. The highest BCUT2D eigenvalue weighted by molar-refractivity contribution is 6.29. The van der Waals surface area contributed by atoms with E-state index in [0.717, 1.165) is 6.07 Å². The average Bonchev–Trinajstić information content (AvgIpc) is 2.53. The molecule has 2 aromatic rings. The molecule has 0 fully saturated rings. The topological polar surface area (TPSA) is 99.4 Å². The number of aromatic nitrogens is 1. The first kappa shape index (κ1) is 16.6. The largest absolute Gasteiger partial charge is 0.454 e. The molecule has 0 amide bonds. The Hall–Kier alpha value is -2.80. The minimum Gasteiger partial charge on any atom is -0.454 e. The summed E-state index contributed by atoms with van der Waals surface area (Å²) in [5, 5.41) is 11.1. The molecule has 23 heavy (non-hydrogen) atoms. The number of aryl methyl sites for hydroxylation is 1. The van der Waals surface area contributed by atoms with Crippen molar-refractivity contribution in [1.29, 1.82) is 0 Å². The SMILES string of the molecule is Cc1ccc(C(=O)COC(=O)c2ccc(Cl)nc2)cc1[N+](=O)[O-]. The molecule has 1 heterocycles. The first-order valence-electron chi connectivity index (χ1n) is 6.45. The van der Waals surface area contributed by atoms with E-state index in [-0.39, 0.29) is 22.0 Å². The van der Waals surface area contributed by atoms with E-state index >= 15 is 0 Å². The Morgan fingerprint density at radius 1 is 1.26 bits per heavy atom. The van der Waals surface area contributed by atoms with Crippen molar-refractivity contribution in [2.75, 3.05) is 6.61 Å². The van der Waals surface area contributed by atoms with Crippen LogP contribution < -0.4 is 0 Å². The summed E-state index contributed by atoms with van der Waals surface area (Å²) in [6.07, 6.45) is 1.23. The number of ketones is 1. The number of Topliss-reactive ketones (excluding diaryl/α,β-unsaturated/α-hetero) is 1. The lowest BCUT2D eigenvalue weighted by molar-refractivity contribution is -0.385. The molecule has 0 bridgehead atoms. The van der Waals surface area contributed by atoms with E-state index in [0.29, 0.717) is 5.56 Å². The Bertz CT molecular complexity index is 774. The summed E-state index contributed by atoms with van der Waals surface area (Å²) in [6, 6.07) is 6.91. The number of pyridine rings is 1.